The number of pyridine rings is 1. The third-order valence-corrected chi connectivity index (χ3v) is 1.88. The van der Waals surface area contributed by atoms with Crippen LogP contribution in [-0.4, -0.2) is 26.3 Å². The van der Waals surface area contributed by atoms with Gasteiger partial charge >= 0.3 is 5.97 Å². The van der Waals surface area contributed by atoms with E-state index in [0.717, 1.165) is 0 Å². The van der Waals surface area contributed by atoms with Crippen LogP contribution in [0.2, 0.25) is 0 Å². The molecule has 2 aromatic rings. The van der Waals surface area contributed by atoms with Crippen molar-refractivity contribution in [2.75, 3.05) is 0 Å². The number of aromatic amines is 1. The molecule has 2 N–H and O–H groups in total. The number of aromatic carboxylic acids is 1. The number of hydrogen-bond acceptors (Lipinski definition) is 3. The lowest BCUT2D eigenvalue weighted by Gasteiger charge is -1.99. The molecule has 2 rings (SSSR count). The van der Waals surface area contributed by atoms with Gasteiger partial charge in [0.2, 0.25) is 0 Å². The van der Waals surface area contributed by atoms with Gasteiger partial charge in [0.15, 0.2) is 5.65 Å². The van der Waals surface area contributed by atoms with Crippen LogP contribution in [0.1, 0.15) is 15.9 Å². The highest BCUT2D eigenvalue weighted by atomic mass is 16.4. The molecule has 0 spiro atoms. The van der Waals surface area contributed by atoms with Crippen molar-refractivity contribution >= 4 is 17.0 Å². The average Bonchev–Trinajstić information content (AvgIpc) is 2.50. The molecule has 0 aliphatic heterocycles. The number of nitrogens with zero attached hydrogens (tertiary/aromatic N) is 2. The normalized spacial score (nSPS) is 10.5. The molecule has 0 unspecified atom stereocenters. The lowest BCUT2D eigenvalue weighted by atomic mass is 10.1. The van der Waals surface area contributed by atoms with E-state index in [4.69, 9.17) is 5.11 Å². The molecule has 66 valence electrons. The Morgan fingerprint density at radius 2 is 2.31 bits per heavy atom. The zero-order chi connectivity index (χ0) is 9.42. The minimum absolute atomic E-state index is 0.263. The zero-order valence-corrected chi connectivity index (χ0v) is 6.90. The number of H-pyrrole nitrogens is 1. The van der Waals surface area contributed by atoms with E-state index in [2.05, 4.69) is 15.2 Å². The number of hydrogen-bond donors (Lipinski definition) is 2. The number of rotatable bonds is 1. The molecule has 2 aromatic heterocycles. The van der Waals surface area contributed by atoms with Crippen molar-refractivity contribution in [2.24, 2.45) is 0 Å². The van der Waals surface area contributed by atoms with Crippen LogP contribution in [0, 0.1) is 6.92 Å². The summed E-state index contributed by atoms with van der Waals surface area (Å²) in [4.78, 5) is 14.9. The second-order valence-corrected chi connectivity index (χ2v) is 2.75. The molecule has 13 heavy (non-hydrogen) atoms. The van der Waals surface area contributed by atoms with Crippen molar-refractivity contribution < 1.29 is 9.90 Å². The van der Waals surface area contributed by atoms with Crippen molar-refractivity contribution in [3.8, 4) is 0 Å². The molecule has 0 bridgehead atoms. The molecule has 0 aromatic carbocycles. The van der Waals surface area contributed by atoms with Crippen LogP contribution >= 0.6 is 0 Å². The van der Waals surface area contributed by atoms with Gasteiger partial charge in [0, 0.05) is 6.20 Å². The van der Waals surface area contributed by atoms with Crippen LogP contribution in [0.3, 0.4) is 0 Å². The van der Waals surface area contributed by atoms with E-state index in [9.17, 15) is 4.79 Å². The van der Waals surface area contributed by atoms with Crippen molar-refractivity contribution in [2.45, 2.75) is 6.92 Å². The summed E-state index contributed by atoms with van der Waals surface area (Å²) in [6, 6.07) is 0. The number of aromatic nitrogens is 3. The highest BCUT2D eigenvalue weighted by Gasteiger charge is 2.13. The van der Waals surface area contributed by atoms with Gasteiger partial charge < -0.3 is 5.11 Å². The molecule has 2 heterocycles. The molecule has 5 heteroatoms. The Morgan fingerprint density at radius 1 is 1.54 bits per heavy atom. The third kappa shape index (κ3) is 1.05. The van der Waals surface area contributed by atoms with E-state index in [1.165, 1.54) is 12.4 Å². The molecular formula is C8H7N3O2. The molecule has 0 radical (unpaired) electrons. The average molecular weight is 177 g/mol. The smallest absolute Gasteiger partial charge is 0.336 e. The summed E-state index contributed by atoms with van der Waals surface area (Å²) >= 11 is 0. The number of carboxylic acids is 1. The van der Waals surface area contributed by atoms with Crippen LogP contribution in [0.15, 0.2) is 12.4 Å². The second-order valence-electron chi connectivity index (χ2n) is 2.75. The minimum atomic E-state index is -0.952. The van der Waals surface area contributed by atoms with Gasteiger partial charge in [0.1, 0.15) is 0 Å². The maximum absolute atomic E-state index is 10.9. The van der Waals surface area contributed by atoms with Gasteiger partial charge in [-0.25, -0.2) is 9.78 Å². The minimum Gasteiger partial charge on any atom is -0.478 e. The summed E-state index contributed by atoms with van der Waals surface area (Å²) in [5.41, 5.74) is 1.41. The molecule has 0 fully saturated rings. The van der Waals surface area contributed by atoms with E-state index in [0.29, 0.717) is 16.6 Å². The Kier molecular flexibility index (Phi) is 1.51. The number of nitrogens with one attached hydrogen (secondary N) is 1. The van der Waals surface area contributed by atoms with Crippen molar-refractivity contribution in [3.63, 3.8) is 0 Å². The first kappa shape index (κ1) is 7.72. The van der Waals surface area contributed by atoms with E-state index in [1.54, 1.807) is 6.92 Å². The van der Waals surface area contributed by atoms with Crippen LogP contribution in [-0.2, 0) is 0 Å². The zero-order valence-electron chi connectivity index (χ0n) is 6.90. The largest absolute Gasteiger partial charge is 0.478 e. The van der Waals surface area contributed by atoms with Crippen molar-refractivity contribution in [1.82, 2.24) is 15.2 Å². The van der Waals surface area contributed by atoms with E-state index >= 15 is 0 Å². The van der Waals surface area contributed by atoms with E-state index < -0.39 is 5.97 Å². The first-order valence-corrected chi connectivity index (χ1v) is 3.72. The SMILES string of the molecule is Cc1cnc2[nH]ncc2c1C(=O)O. The monoisotopic (exact) mass is 177 g/mol. The van der Waals surface area contributed by atoms with E-state index in [1.807, 2.05) is 0 Å². The Hall–Kier alpha value is -1.91. The quantitative estimate of drug-likeness (QED) is 0.680. The van der Waals surface area contributed by atoms with Gasteiger partial charge in [0.05, 0.1) is 17.1 Å². The van der Waals surface area contributed by atoms with Crippen molar-refractivity contribution in [1.29, 1.82) is 0 Å². The Bertz CT molecular complexity index is 475. The Morgan fingerprint density at radius 3 is 3.00 bits per heavy atom. The van der Waals surface area contributed by atoms with Crippen LogP contribution in [0.25, 0.3) is 11.0 Å². The fraction of sp³-hybridized carbons (Fsp3) is 0.125. The summed E-state index contributed by atoms with van der Waals surface area (Å²) in [6.07, 6.45) is 2.99. The lowest BCUT2D eigenvalue weighted by molar-refractivity contribution is 0.0698. The Labute approximate surface area is 73.4 Å². The first-order chi connectivity index (χ1) is 6.20. The number of aryl methyl sites for hydroxylation is 1. The molecule has 5 nitrogen and oxygen atoms in total. The highest BCUT2D eigenvalue weighted by molar-refractivity contribution is 6.02. The standard InChI is InChI=1S/C8H7N3O2/c1-4-2-9-7-5(3-10-11-7)6(4)8(12)13/h2-3H,1H3,(H,12,13)(H,9,10,11). The summed E-state index contributed by atoms with van der Waals surface area (Å²) in [6.45, 7) is 1.71. The number of carbonyl (C=O) groups is 1. The second kappa shape index (κ2) is 2.55. The fourth-order valence-corrected chi connectivity index (χ4v) is 1.28. The van der Waals surface area contributed by atoms with Gasteiger partial charge in [-0.05, 0) is 12.5 Å². The van der Waals surface area contributed by atoms with Crippen molar-refractivity contribution in [3.05, 3.63) is 23.5 Å². The summed E-state index contributed by atoms with van der Waals surface area (Å²) in [5.74, 6) is -0.952. The summed E-state index contributed by atoms with van der Waals surface area (Å²) < 4.78 is 0. The van der Waals surface area contributed by atoms with Gasteiger partial charge in [-0.2, -0.15) is 5.10 Å². The highest BCUT2D eigenvalue weighted by Crippen LogP contribution is 2.17. The molecule has 0 aliphatic rings. The van der Waals surface area contributed by atoms with Gasteiger partial charge in [-0.3, -0.25) is 5.10 Å². The first-order valence-electron chi connectivity index (χ1n) is 3.72. The topological polar surface area (TPSA) is 78.9 Å². The van der Waals surface area contributed by atoms with Gasteiger partial charge in [0.25, 0.3) is 0 Å². The Balaban J connectivity index is 2.88. The van der Waals surface area contributed by atoms with Crippen LogP contribution < -0.4 is 0 Å². The molecule has 0 aliphatic carbocycles. The summed E-state index contributed by atoms with van der Waals surface area (Å²) in [5, 5.41) is 15.8. The van der Waals surface area contributed by atoms with Gasteiger partial charge in [-0.15, -0.1) is 0 Å². The molecule has 0 saturated heterocycles. The number of carboxylic acid groups (broad SMARTS) is 1. The molecule has 0 amide bonds. The maximum Gasteiger partial charge on any atom is 0.336 e. The third-order valence-electron chi connectivity index (χ3n) is 1.88. The van der Waals surface area contributed by atoms with Gasteiger partial charge in [-0.1, -0.05) is 0 Å². The van der Waals surface area contributed by atoms with E-state index in [-0.39, 0.29) is 5.56 Å². The fourth-order valence-electron chi connectivity index (χ4n) is 1.28. The predicted molar refractivity (Wildman–Crippen MR) is 45.6 cm³/mol. The van der Waals surface area contributed by atoms with Crippen LogP contribution in [0.4, 0.5) is 0 Å². The molecule has 0 saturated carbocycles. The maximum atomic E-state index is 10.9. The molecule has 0 atom stereocenters. The summed E-state index contributed by atoms with van der Waals surface area (Å²) in [7, 11) is 0. The predicted octanol–water partition coefficient (Wildman–Crippen LogP) is 0.965. The number of fused-ring (bicyclic) bond motifs is 1. The lowest BCUT2D eigenvalue weighted by Crippen LogP contribution is -2.01. The van der Waals surface area contributed by atoms with Crippen LogP contribution in [0.5, 0.6) is 0 Å². The molecular weight excluding hydrogens is 170 g/mol.